The van der Waals surface area contributed by atoms with Crippen molar-refractivity contribution in [3.8, 4) is 0 Å². The second-order valence-corrected chi connectivity index (χ2v) is 6.40. The molecule has 0 aliphatic rings. The minimum Gasteiger partial charge on any atom is -0.356 e. The summed E-state index contributed by atoms with van der Waals surface area (Å²) in [6, 6.07) is 7.22. The number of aromatic amines is 1. The van der Waals surface area contributed by atoms with Gasteiger partial charge in [0.05, 0.1) is 16.6 Å². The van der Waals surface area contributed by atoms with Crippen LogP contribution in [-0.4, -0.2) is 32.2 Å². The van der Waals surface area contributed by atoms with Gasteiger partial charge in [0, 0.05) is 32.1 Å². The number of aryl methyl sites for hydroxylation is 2. The van der Waals surface area contributed by atoms with Gasteiger partial charge in [-0.05, 0) is 38.0 Å². The first kappa shape index (κ1) is 17.8. The molecule has 26 heavy (non-hydrogen) atoms. The van der Waals surface area contributed by atoms with Crippen LogP contribution in [0.5, 0.6) is 0 Å². The number of H-pyrrole nitrogens is 1. The van der Waals surface area contributed by atoms with Crippen LogP contribution in [0, 0.1) is 13.8 Å². The average molecular weight is 353 g/mol. The van der Waals surface area contributed by atoms with Gasteiger partial charge in [0.15, 0.2) is 0 Å². The molecule has 0 aliphatic carbocycles. The summed E-state index contributed by atoms with van der Waals surface area (Å²) in [5.41, 5.74) is 3.70. The Labute approximate surface area is 151 Å². The van der Waals surface area contributed by atoms with E-state index in [4.69, 9.17) is 0 Å². The molecule has 2 aromatic heterocycles. The number of aromatic nitrogens is 4. The number of nitrogens with one attached hydrogen (secondary N) is 2. The maximum Gasteiger partial charge on any atom is 0.258 e. The smallest absolute Gasteiger partial charge is 0.258 e. The molecule has 1 aromatic carbocycles. The van der Waals surface area contributed by atoms with E-state index < -0.39 is 0 Å². The Morgan fingerprint density at radius 2 is 2.00 bits per heavy atom. The number of carbonyl (C=O) groups is 1. The maximum absolute atomic E-state index is 12.1. The fraction of sp³-hybridized carbons (Fsp3) is 0.368. The van der Waals surface area contributed by atoms with Crippen molar-refractivity contribution in [3.05, 3.63) is 57.4 Å². The minimum absolute atomic E-state index is 0.0178. The van der Waals surface area contributed by atoms with Crippen molar-refractivity contribution in [2.45, 2.75) is 33.1 Å². The van der Waals surface area contributed by atoms with Crippen molar-refractivity contribution < 1.29 is 4.79 Å². The van der Waals surface area contributed by atoms with Gasteiger partial charge >= 0.3 is 0 Å². The summed E-state index contributed by atoms with van der Waals surface area (Å²) in [6.45, 7) is 4.40. The number of fused-ring (bicyclic) bond motifs is 1. The van der Waals surface area contributed by atoms with Crippen molar-refractivity contribution in [3.63, 3.8) is 0 Å². The molecule has 0 radical (unpaired) electrons. The largest absolute Gasteiger partial charge is 0.356 e. The molecule has 0 fully saturated rings. The van der Waals surface area contributed by atoms with Gasteiger partial charge in [0.25, 0.3) is 5.56 Å². The van der Waals surface area contributed by atoms with Crippen LogP contribution in [-0.2, 0) is 24.7 Å². The number of para-hydroxylation sites is 1. The summed E-state index contributed by atoms with van der Waals surface area (Å²) < 4.78 is 1.84. The Kier molecular flexibility index (Phi) is 5.16. The van der Waals surface area contributed by atoms with E-state index in [1.54, 1.807) is 6.07 Å². The molecular weight excluding hydrogens is 330 g/mol. The molecule has 1 amide bonds. The molecule has 2 N–H and O–H groups in total. The van der Waals surface area contributed by atoms with E-state index >= 15 is 0 Å². The number of nitrogens with zero attached hydrogens (tertiary/aromatic N) is 3. The molecule has 7 heteroatoms. The van der Waals surface area contributed by atoms with E-state index in [2.05, 4.69) is 20.4 Å². The first-order valence-electron chi connectivity index (χ1n) is 8.69. The highest BCUT2D eigenvalue weighted by molar-refractivity contribution is 5.77. The Bertz CT molecular complexity index is 1000. The number of rotatable bonds is 6. The van der Waals surface area contributed by atoms with Crippen molar-refractivity contribution in [2.75, 3.05) is 6.54 Å². The Balaban J connectivity index is 1.53. The molecule has 0 atom stereocenters. The predicted octanol–water partition coefficient (Wildman–Crippen LogP) is 1.56. The standard InChI is InChI=1S/C19H23N5O2/c1-12-14(13(2)24(3)23-12)8-9-18(25)20-11-10-17-21-16-7-5-4-6-15(16)19(26)22-17/h4-7H,8-11H2,1-3H3,(H,20,25)(H,21,22,26). The van der Waals surface area contributed by atoms with Crippen molar-refractivity contribution in [1.29, 1.82) is 0 Å². The van der Waals surface area contributed by atoms with Crippen LogP contribution in [0.25, 0.3) is 10.9 Å². The van der Waals surface area contributed by atoms with Crippen LogP contribution in [0.3, 0.4) is 0 Å². The van der Waals surface area contributed by atoms with E-state index in [1.165, 1.54) is 0 Å². The molecule has 7 nitrogen and oxygen atoms in total. The van der Waals surface area contributed by atoms with E-state index in [1.807, 2.05) is 43.8 Å². The summed E-state index contributed by atoms with van der Waals surface area (Å²) in [5.74, 6) is 0.559. The third kappa shape index (κ3) is 3.82. The van der Waals surface area contributed by atoms with Gasteiger partial charge in [-0.25, -0.2) is 4.98 Å². The van der Waals surface area contributed by atoms with Crippen LogP contribution in [0.4, 0.5) is 0 Å². The molecule has 0 saturated carbocycles. The zero-order valence-electron chi connectivity index (χ0n) is 15.3. The monoisotopic (exact) mass is 353 g/mol. The van der Waals surface area contributed by atoms with Crippen LogP contribution in [0.2, 0.25) is 0 Å². The van der Waals surface area contributed by atoms with Crippen molar-refractivity contribution in [1.82, 2.24) is 25.1 Å². The summed E-state index contributed by atoms with van der Waals surface area (Å²) in [7, 11) is 1.91. The Morgan fingerprint density at radius 1 is 1.23 bits per heavy atom. The lowest BCUT2D eigenvalue weighted by molar-refractivity contribution is -0.121. The molecule has 0 spiro atoms. The highest BCUT2D eigenvalue weighted by Crippen LogP contribution is 2.13. The number of hydrogen-bond donors (Lipinski definition) is 2. The van der Waals surface area contributed by atoms with Gasteiger partial charge in [-0.1, -0.05) is 12.1 Å². The van der Waals surface area contributed by atoms with Gasteiger partial charge in [-0.15, -0.1) is 0 Å². The summed E-state index contributed by atoms with van der Waals surface area (Å²) in [4.78, 5) is 31.3. The fourth-order valence-corrected chi connectivity index (χ4v) is 3.08. The second kappa shape index (κ2) is 7.51. The number of amides is 1. The van der Waals surface area contributed by atoms with E-state index in [0.717, 1.165) is 17.0 Å². The minimum atomic E-state index is -0.153. The highest BCUT2D eigenvalue weighted by atomic mass is 16.1. The quantitative estimate of drug-likeness (QED) is 0.703. The van der Waals surface area contributed by atoms with Crippen molar-refractivity contribution in [2.24, 2.45) is 7.05 Å². The highest BCUT2D eigenvalue weighted by Gasteiger charge is 2.11. The number of carbonyl (C=O) groups excluding carboxylic acids is 1. The lowest BCUT2D eigenvalue weighted by Gasteiger charge is -2.06. The molecule has 0 saturated heterocycles. The summed E-state index contributed by atoms with van der Waals surface area (Å²) in [6.07, 6.45) is 1.56. The zero-order chi connectivity index (χ0) is 18.7. The molecule has 136 valence electrons. The van der Waals surface area contributed by atoms with Crippen molar-refractivity contribution >= 4 is 16.8 Å². The molecule has 2 heterocycles. The summed E-state index contributed by atoms with van der Waals surface area (Å²) >= 11 is 0. The van der Waals surface area contributed by atoms with Gasteiger partial charge in [0.1, 0.15) is 5.82 Å². The first-order chi connectivity index (χ1) is 12.5. The van der Waals surface area contributed by atoms with E-state index in [9.17, 15) is 9.59 Å². The first-order valence-corrected chi connectivity index (χ1v) is 8.69. The lowest BCUT2D eigenvalue weighted by Crippen LogP contribution is -2.27. The zero-order valence-corrected chi connectivity index (χ0v) is 15.3. The lowest BCUT2D eigenvalue weighted by atomic mass is 10.1. The third-order valence-corrected chi connectivity index (χ3v) is 4.61. The van der Waals surface area contributed by atoms with Gasteiger partial charge in [-0.2, -0.15) is 5.10 Å². The molecule has 3 rings (SSSR count). The number of benzene rings is 1. The molecule has 0 bridgehead atoms. The fourth-order valence-electron chi connectivity index (χ4n) is 3.08. The van der Waals surface area contributed by atoms with E-state index in [0.29, 0.717) is 42.5 Å². The molecular formula is C19H23N5O2. The molecule has 3 aromatic rings. The topological polar surface area (TPSA) is 92.7 Å². The predicted molar refractivity (Wildman–Crippen MR) is 100 cm³/mol. The average Bonchev–Trinajstić information content (AvgIpc) is 2.85. The SMILES string of the molecule is Cc1nn(C)c(C)c1CCC(=O)NCCc1nc2ccccc2c(=O)[nH]1. The molecule has 0 aliphatic heterocycles. The van der Waals surface area contributed by atoms with Crippen LogP contribution < -0.4 is 10.9 Å². The second-order valence-electron chi connectivity index (χ2n) is 6.40. The van der Waals surface area contributed by atoms with Crippen LogP contribution >= 0.6 is 0 Å². The Morgan fingerprint density at radius 3 is 2.73 bits per heavy atom. The van der Waals surface area contributed by atoms with Gasteiger partial charge < -0.3 is 10.3 Å². The number of hydrogen-bond acceptors (Lipinski definition) is 4. The van der Waals surface area contributed by atoms with Crippen LogP contribution in [0.1, 0.15) is 29.2 Å². The van der Waals surface area contributed by atoms with Crippen LogP contribution in [0.15, 0.2) is 29.1 Å². The normalized spacial score (nSPS) is 11.0. The van der Waals surface area contributed by atoms with Gasteiger partial charge in [0.2, 0.25) is 5.91 Å². The van der Waals surface area contributed by atoms with Gasteiger partial charge in [-0.3, -0.25) is 14.3 Å². The van der Waals surface area contributed by atoms with E-state index in [-0.39, 0.29) is 11.5 Å². The Hall–Kier alpha value is -2.96. The maximum atomic E-state index is 12.1. The third-order valence-electron chi connectivity index (χ3n) is 4.61. The summed E-state index contributed by atoms with van der Waals surface area (Å²) in [5, 5.41) is 7.82. The molecule has 0 unspecified atom stereocenters.